The van der Waals surface area contributed by atoms with E-state index in [9.17, 15) is 18.3 Å². The van der Waals surface area contributed by atoms with Crippen molar-refractivity contribution < 1.29 is 18.3 Å². The summed E-state index contributed by atoms with van der Waals surface area (Å²) in [4.78, 5) is 13.0. The SMILES string of the molecule is Cc1ccc(S(=O)(=O)N(CC(=O)N=Nc2c(O)n(C)c3ccccc23)c2ccc(C)cc2C)cc1. The molecule has 0 spiro atoms. The Labute approximate surface area is 204 Å². The molecule has 3 aromatic carbocycles. The van der Waals surface area contributed by atoms with Gasteiger partial charge >= 0.3 is 0 Å². The van der Waals surface area contributed by atoms with Crippen molar-refractivity contribution in [2.24, 2.45) is 17.3 Å². The molecular formula is C26H26N4O4S. The average Bonchev–Trinajstić information content (AvgIpc) is 3.06. The predicted molar refractivity (Wildman–Crippen MR) is 136 cm³/mol. The highest BCUT2D eigenvalue weighted by Gasteiger charge is 2.28. The lowest BCUT2D eigenvalue weighted by molar-refractivity contribution is -0.116. The summed E-state index contributed by atoms with van der Waals surface area (Å²) < 4.78 is 29.8. The molecule has 4 rings (SSSR count). The van der Waals surface area contributed by atoms with E-state index in [2.05, 4.69) is 10.2 Å². The fourth-order valence-corrected chi connectivity index (χ4v) is 5.42. The lowest BCUT2D eigenvalue weighted by Gasteiger charge is -2.25. The number of carbonyl (C=O) groups is 1. The Morgan fingerprint density at radius 1 is 0.971 bits per heavy atom. The number of hydrogen-bond donors (Lipinski definition) is 1. The minimum Gasteiger partial charge on any atom is -0.493 e. The second-order valence-corrected chi connectivity index (χ2v) is 10.3. The van der Waals surface area contributed by atoms with Crippen molar-refractivity contribution in [2.75, 3.05) is 10.8 Å². The summed E-state index contributed by atoms with van der Waals surface area (Å²) in [5, 5.41) is 18.8. The zero-order valence-electron chi connectivity index (χ0n) is 19.9. The summed E-state index contributed by atoms with van der Waals surface area (Å²) >= 11 is 0. The van der Waals surface area contributed by atoms with Gasteiger partial charge in [0.1, 0.15) is 6.54 Å². The van der Waals surface area contributed by atoms with Crippen LogP contribution in [0, 0.1) is 20.8 Å². The number of carbonyl (C=O) groups excluding carboxylic acids is 1. The molecule has 0 aliphatic carbocycles. The van der Waals surface area contributed by atoms with E-state index in [1.54, 1.807) is 50.4 Å². The van der Waals surface area contributed by atoms with Gasteiger partial charge in [0.2, 0.25) is 5.88 Å². The molecule has 0 aliphatic heterocycles. The number of amides is 1. The molecule has 1 amide bonds. The minimum atomic E-state index is -4.07. The quantitative estimate of drug-likeness (QED) is 0.370. The number of aryl methyl sites for hydroxylation is 4. The zero-order valence-corrected chi connectivity index (χ0v) is 20.7. The molecule has 8 nitrogen and oxygen atoms in total. The second-order valence-electron chi connectivity index (χ2n) is 8.46. The molecule has 0 atom stereocenters. The van der Waals surface area contributed by atoms with Crippen molar-refractivity contribution in [2.45, 2.75) is 25.7 Å². The van der Waals surface area contributed by atoms with Crippen molar-refractivity contribution >= 4 is 38.2 Å². The number of aromatic hydroxyl groups is 1. The number of azo groups is 1. The minimum absolute atomic E-state index is 0.0690. The maximum Gasteiger partial charge on any atom is 0.285 e. The first-order valence-electron chi connectivity index (χ1n) is 11.0. The predicted octanol–water partition coefficient (Wildman–Crippen LogP) is 5.31. The molecule has 9 heteroatoms. The van der Waals surface area contributed by atoms with E-state index in [1.165, 1.54) is 16.7 Å². The van der Waals surface area contributed by atoms with Crippen molar-refractivity contribution in [3.8, 4) is 5.88 Å². The van der Waals surface area contributed by atoms with Crippen molar-refractivity contribution in [3.63, 3.8) is 0 Å². The Balaban J connectivity index is 1.72. The van der Waals surface area contributed by atoms with Crippen molar-refractivity contribution in [1.82, 2.24) is 4.57 Å². The fraction of sp³-hybridized carbons (Fsp3) is 0.192. The van der Waals surface area contributed by atoms with E-state index in [0.717, 1.165) is 20.9 Å². The van der Waals surface area contributed by atoms with Crippen LogP contribution in [0.1, 0.15) is 16.7 Å². The molecule has 0 unspecified atom stereocenters. The van der Waals surface area contributed by atoms with E-state index in [4.69, 9.17) is 0 Å². The van der Waals surface area contributed by atoms with Crippen LogP contribution in [-0.2, 0) is 21.9 Å². The van der Waals surface area contributed by atoms with Gasteiger partial charge in [0.15, 0.2) is 5.69 Å². The molecule has 4 aromatic rings. The molecule has 0 saturated carbocycles. The Bertz CT molecular complexity index is 1550. The van der Waals surface area contributed by atoms with Crippen LogP contribution in [0.3, 0.4) is 0 Å². The molecule has 0 aliphatic rings. The van der Waals surface area contributed by atoms with E-state index in [0.29, 0.717) is 16.6 Å². The summed E-state index contributed by atoms with van der Waals surface area (Å²) in [7, 11) is -2.39. The smallest absolute Gasteiger partial charge is 0.285 e. The molecule has 180 valence electrons. The van der Waals surface area contributed by atoms with E-state index < -0.39 is 22.5 Å². The average molecular weight is 491 g/mol. The van der Waals surface area contributed by atoms with Crippen LogP contribution in [0.15, 0.2) is 81.9 Å². The number of fused-ring (bicyclic) bond motifs is 1. The van der Waals surface area contributed by atoms with E-state index >= 15 is 0 Å². The summed E-state index contributed by atoms with van der Waals surface area (Å²) in [6.07, 6.45) is 0. The molecule has 0 saturated heterocycles. The first kappa shape index (κ1) is 24.2. The number of benzene rings is 3. The second kappa shape index (κ2) is 9.34. The maximum absolute atomic E-state index is 13.6. The van der Waals surface area contributed by atoms with Crippen LogP contribution in [0.4, 0.5) is 11.4 Å². The third-order valence-corrected chi connectivity index (χ3v) is 7.59. The number of para-hydroxylation sites is 1. The Morgan fingerprint density at radius 2 is 1.63 bits per heavy atom. The molecule has 0 radical (unpaired) electrons. The number of rotatable bonds is 6. The number of anilines is 1. The summed E-state index contributed by atoms with van der Waals surface area (Å²) in [5.41, 5.74) is 3.85. The van der Waals surface area contributed by atoms with Gasteiger partial charge in [-0.3, -0.25) is 9.10 Å². The van der Waals surface area contributed by atoms with Crippen LogP contribution in [0.5, 0.6) is 5.88 Å². The van der Waals surface area contributed by atoms with Gasteiger partial charge in [-0.2, -0.15) is 0 Å². The molecular weight excluding hydrogens is 464 g/mol. The highest BCUT2D eigenvalue weighted by Crippen LogP contribution is 2.37. The molecule has 0 bridgehead atoms. The third-order valence-electron chi connectivity index (χ3n) is 5.82. The number of aromatic nitrogens is 1. The summed E-state index contributed by atoms with van der Waals surface area (Å²) in [5.74, 6) is -0.908. The molecule has 0 fully saturated rings. The lowest BCUT2D eigenvalue weighted by Crippen LogP contribution is -2.35. The Kier molecular flexibility index (Phi) is 6.45. The molecule has 1 heterocycles. The highest BCUT2D eigenvalue weighted by atomic mass is 32.2. The van der Waals surface area contributed by atoms with Crippen molar-refractivity contribution in [1.29, 1.82) is 0 Å². The van der Waals surface area contributed by atoms with E-state index in [-0.39, 0.29) is 16.5 Å². The van der Waals surface area contributed by atoms with Crippen LogP contribution >= 0.6 is 0 Å². The topological polar surface area (TPSA) is 104 Å². The number of hydrogen-bond acceptors (Lipinski definition) is 5. The standard InChI is InChI=1S/C26H26N4O4S/c1-17-9-12-20(13-10-17)35(33,34)30(22-14-11-18(2)15-19(22)3)16-24(31)27-28-25-21-7-5-6-8-23(21)29(4)26(25)32/h5-15,32H,16H2,1-4H3. The fourth-order valence-electron chi connectivity index (χ4n) is 3.94. The lowest BCUT2D eigenvalue weighted by atomic mass is 10.1. The van der Waals surface area contributed by atoms with Gasteiger partial charge in [-0.1, -0.05) is 53.6 Å². The molecule has 35 heavy (non-hydrogen) atoms. The zero-order chi connectivity index (χ0) is 25.3. The van der Waals surface area contributed by atoms with Crippen LogP contribution in [0.2, 0.25) is 0 Å². The largest absolute Gasteiger partial charge is 0.493 e. The molecule has 1 N–H and O–H groups in total. The van der Waals surface area contributed by atoms with Gasteiger partial charge in [0, 0.05) is 12.4 Å². The van der Waals surface area contributed by atoms with Gasteiger partial charge in [-0.25, -0.2) is 8.42 Å². The van der Waals surface area contributed by atoms with Crippen molar-refractivity contribution in [3.05, 3.63) is 83.4 Å². The monoisotopic (exact) mass is 490 g/mol. The van der Waals surface area contributed by atoms with Gasteiger partial charge < -0.3 is 9.67 Å². The summed E-state index contributed by atoms with van der Waals surface area (Å²) in [6, 6.07) is 19.0. The van der Waals surface area contributed by atoms with Gasteiger partial charge in [-0.05, 0) is 50.6 Å². The van der Waals surface area contributed by atoms with Gasteiger partial charge in [-0.15, -0.1) is 10.2 Å². The van der Waals surface area contributed by atoms with Crippen LogP contribution in [-0.4, -0.2) is 30.5 Å². The highest BCUT2D eigenvalue weighted by molar-refractivity contribution is 7.92. The Hall–Kier alpha value is -3.98. The molecule has 1 aromatic heterocycles. The normalized spacial score (nSPS) is 11.9. The number of sulfonamides is 1. The van der Waals surface area contributed by atoms with Gasteiger partial charge in [0.05, 0.1) is 16.1 Å². The van der Waals surface area contributed by atoms with E-state index in [1.807, 2.05) is 32.0 Å². The maximum atomic E-state index is 13.6. The van der Waals surface area contributed by atoms with Gasteiger partial charge in [0.25, 0.3) is 15.9 Å². The van der Waals surface area contributed by atoms with Crippen LogP contribution in [0.25, 0.3) is 10.9 Å². The number of nitrogens with zero attached hydrogens (tertiary/aromatic N) is 4. The van der Waals surface area contributed by atoms with Crippen LogP contribution < -0.4 is 4.31 Å². The Morgan fingerprint density at radius 3 is 2.31 bits per heavy atom. The first-order valence-corrected chi connectivity index (χ1v) is 12.4. The third kappa shape index (κ3) is 4.67. The summed E-state index contributed by atoms with van der Waals surface area (Å²) in [6.45, 7) is 5.02. The first-order chi connectivity index (χ1) is 16.6.